The van der Waals surface area contributed by atoms with E-state index in [4.69, 9.17) is 4.98 Å². The number of amides is 1. The van der Waals surface area contributed by atoms with E-state index in [1.807, 2.05) is 36.6 Å². The number of aromatic nitrogens is 4. The summed E-state index contributed by atoms with van der Waals surface area (Å²) in [6.07, 6.45) is 1.02. The molecule has 1 amide bonds. The van der Waals surface area contributed by atoms with Crippen LogP contribution in [0.4, 0.5) is 14.5 Å². The van der Waals surface area contributed by atoms with Gasteiger partial charge in [-0.2, -0.15) is 0 Å². The minimum absolute atomic E-state index is 0.0419. The predicted octanol–water partition coefficient (Wildman–Crippen LogP) is 6.43. The number of thioether (sulfide) groups is 1. The van der Waals surface area contributed by atoms with Crippen molar-refractivity contribution in [2.45, 2.75) is 38.4 Å². The zero-order valence-electron chi connectivity index (χ0n) is 20.5. The van der Waals surface area contributed by atoms with Crippen LogP contribution in [0.5, 0.6) is 0 Å². The number of halogens is 2. The quantitative estimate of drug-likeness (QED) is 0.190. The van der Waals surface area contributed by atoms with Crippen molar-refractivity contribution in [2.75, 3.05) is 11.1 Å². The number of carbonyl (C=O) groups excluding carboxylic acids is 1. The lowest BCUT2D eigenvalue weighted by atomic mass is 10.1. The molecule has 5 aromatic rings. The number of aryl methyl sites for hydroxylation is 2. The van der Waals surface area contributed by atoms with Crippen molar-refractivity contribution in [3.8, 4) is 0 Å². The zero-order chi connectivity index (χ0) is 25.9. The number of carbonyl (C=O) groups is 1. The van der Waals surface area contributed by atoms with Gasteiger partial charge in [-0.15, -0.1) is 10.2 Å². The van der Waals surface area contributed by atoms with Crippen molar-refractivity contribution in [3.05, 3.63) is 89.0 Å². The average Bonchev–Trinajstić information content (AvgIpc) is 3.17. The second-order valence-corrected chi connectivity index (χ2v) is 10.0. The molecule has 188 valence electrons. The van der Waals surface area contributed by atoms with E-state index in [1.54, 1.807) is 18.2 Å². The molecule has 1 N–H and O–H groups in total. The summed E-state index contributed by atoms with van der Waals surface area (Å²) in [5.74, 6) is -0.0776. The van der Waals surface area contributed by atoms with E-state index in [1.165, 1.54) is 41.6 Å². The number of hydrogen-bond donors (Lipinski definition) is 1. The first-order chi connectivity index (χ1) is 17.9. The van der Waals surface area contributed by atoms with Crippen LogP contribution in [0, 0.1) is 25.5 Å². The third kappa shape index (κ3) is 5.61. The van der Waals surface area contributed by atoms with Gasteiger partial charge in [-0.3, -0.25) is 4.79 Å². The summed E-state index contributed by atoms with van der Waals surface area (Å²) in [6.45, 7) is 4.47. The Bertz CT molecular complexity index is 1600. The fraction of sp³-hybridized carbons (Fsp3) is 0.214. The molecule has 0 atom stereocenters. The predicted molar refractivity (Wildman–Crippen MR) is 143 cm³/mol. The maximum atomic E-state index is 14.0. The van der Waals surface area contributed by atoms with Gasteiger partial charge >= 0.3 is 0 Å². The summed E-state index contributed by atoms with van der Waals surface area (Å²) in [5, 5.41) is 12.6. The number of benzene rings is 3. The van der Waals surface area contributed by atoms with Crippen LogP contribution in [-0.4, -0.2) is 31.4 Å². The Hall–Kier alpha value is -3.85. The molecule has 2 heterocycles. The van der Waals surface area contributed by atoms with Crippen LogP contribution in [0.3, 0.4) is 0 Å². The maximum Gasteiger partial charge on any atom is 0.224 e. The Morgan fingerprint density at radius 2 is 1.73 bits per heavy atom. The van der Waals surface area contributed by atoms with Crippen LogP contribution < -0.4 is 5.32 Å². The van der Waals surface area contributed by atoms with E-state index in [0.717, 1.165) is 22.3 Å². The summed E-state index contributed by atoms with van der Waals surface area (Å²) in [4.78, 5) is 17.1. The molecule has 0 aliphatic rings. The molecule has 0 aliphatic heterocycles. The number of hydrogen-bond acceptors (Lipinski definition) is 5. The van der Waals surface area contributed by atoms with E-state index in [-0.39, 0.29) is 17.5 Å². The van der Waals surface area contributed by atoms with Gasteiger partial charge in [0.1, 0.15) is 17.2 Å². The number of fused-ring (bicyclic) bond motifs is 3. The van der Waals surface area contributed by atoms with E-state index in [2.05, 4.69) is 15.5 Å². The minimum atomic E-state index is -0.368. The molecule has 0 bridgehead atoms. The number of nitrogens with zero attached hydrogens (tertiary/aromatic N) is 4. The molecule has 9 heteroatoms. The molecule has 0 aliphatic carbocycles. The molecule has 37 heavy (non-hydrogen) atoms. The Labute approximate surface area is 217 Å². The first kappa shape index (κ1) is 24.8. The molecule has 3 aromatic carbocycles. The number of nitrogens with one attached hydrogen (secondary N) is 1. The first-order valence-corrected chi connectivity index (χ1v) is 12.9. The Kier molecular flexibility index (Phi) is 7.14. The van der Waals surface area contributed by atoms with Gasteiger partial charge in [0.25, 0.3) is 0 Å². The van der Waals surface area contributed by atoms with Crippen LogP contribution in [0.15, 0.2) is 65.8 Å². The van der Waals surface area contributed by atoms with Gasteiger partial charge in [0.15, 0.2) is 5.65 Å². The molecule has 6 nitrogen and oxygen atoms in total. The first-order valence-electron chi connectivity index (χ1n) is 11.9. The highest BCUT2D eigenvalue weighted by atomic mass is 32.2. The van der Waals surface area contributed by atoms with Gasteiger partial charge in [0, 0.05) is 29.8 Å². The summed E-state index contributed by atoms with van der Waals surface area (Å²) < 4.78 is 29.4. The lowest BCUT2D eigenvalue weighted by molar-refractivity contribution is -0.116. The van der Waals surface area contributed by atoms with E-state index >= 15 is 0 Å². The van der Waals surface area contributed by atoms with Gasteiger partial charge in [-0.05, 0) is 79.4 Å². The van der Waals surface area contributed by atoms with E-state index in [9.17, 15) is 13.6 Å². The van der Waals surface area contributed by atoms with Crippen LogP contribution in [0.1, 0.15) is 29.5 Å². The minimum Gasteiger partial charge on any atom is -0.326 e. The van der Waals surface area contributed by atoms with Crippen LogP contribution >= 0.6 is 11.8 Å². The van der Waals surface area contributed by atoms with Gasteiger partial charge in [-0.1, -0.05) is 30.0 Å². The highest BCUT2D eigenvalue weighted by molar-refractivity contribution is 7.99. The molecule has 2 aromatic heterocycles. The van der Waals surface area contributed by atoms with Crippen molar-refractivity contribution in [1.29, 1.82) is 0 Å². The topological polar surface area (TPSA) is 72.7 Å². The van der Waals surface area contributed by atoms with E-state index < -0.39 is 0 Å². The Morgan fingerprint density at radius 1 is 0.946 bits per heavy atom. The molecular weight excluding hydrogens is 492 g/mol. The normalized spacial score (nSPS) is 11.4. The second kappa shape index (κ2) is 10.6. The fourth-order valence-electron chi connectivity index (χ4n) is 4.15. The van der Waals surface area contributed by atoms with Crippen molar-refractivity contribution in [1.82, 2.24) is 19.7 Å². The smallest absolute Gasteiger partial charge is 0.224 e. The summed E-state index contributed by atoms with van der Waals surface area (Å²) in [6, 6.07) is 16.6. The number of rotatable bonds is 8. The highest BCUT2D eigenvalue weighted by Gasteiger charge is 2.16. The second-order valence-electron chi connectivity index (χ2n) is 8.94. The molecule has 0 saturated carbocycles. The summed E-state index contributed by atoms with van der Waals surface area (Å²) in [7, 11) is 0. The van der Waals surface area contributed by atoms with Gasteiger partial charge in [0.05, 0.1) is 5.52 Å². The van der Waals surface area contributed by atoms with Gasteiger partial charge in [-0.25, -0.2) is 13.8 Å². The lowest BCUT2D eigenvalue weighted by Gasteiger charge is -2.08. The molecule has 0 spiro atoms. The standard InChI is InChI=1S/C28H25F2N5OS/c1-17-5-11-22(14-18(17)2)31-25(36)4-3-13-37-28-32-27-26(33-34-28)23-15-21(30)10-12-24(23)35(27)16-19-6-8-20(29)9-7-19/h5-12,14-15H,3-4,13,16H2,1-2H3,(H,31,36). The van der Waals surface area contributed by atoms with Crippen LogP contribution in [0.2, 0.25) is 0 Å². The molecular formula is C28H25F2N5OS. The molecule has 0 fully saturated rings. The Balaban J connectivity index is 1.30. The van der Waals surface area contributed by atoms with Crippen molar-refractivity contribution in [3.63, 3.8) is 0 Å². The Morgan fingerprint density at radius 3 is 2.51 bits per heavy atom. The fourth-order valence-corrected chi connectivity index (χ4v) is 4.87. The molecule has 0 unspecified atom stereocenters. The van der Waals surface area contributed by atoms with Crippen molar-refractivity contribution >= 4 is 45.4 Å². The monoisotopic (exact) mass is 517 g/mol. The average molecular weight is 518 g/mol. The largest absolute Gasteiger partial charge is 0.326 e. The van der Waals surface area contributed by atoms with Crippen molar-refractivity contribution in [2.24, 2.45) is 0 Å². The van der Waals surface area contributed by atoms with Gasteiger partial charge < -0.3 is 9.88 Å². The molecule has 0 radical (unpaired) electrons. The third-order valence-corrected chi connectivity index (χ3v) is 7.16. The summed E-state index contributed by atoms with van der Waals surface area (Å²) in [5.41, 5.74) is 5.85. The van der Waals surface area contributed by atoms with Crippen LogP contribution in [0.25, 0.3) is 22.1 Å². The van der Waals surface area contributed by atoms with Crippen molar-refractivity contribution < 1.29 is 13.6 Å². The summed E-state index contributed by atoms with van der Waals surface area (Å²) >= 11 is 1.42. The number of anilines is 1. The van der Waals surface area contributed by atoms with Crippen LogP contribution in [-0.2, 0) is 11.3 Å². The zero-order valence-corrected chi connectivity index (χ0v) is 21.3. The van der Waals surface area contributed by atoms with Gasteiger partial charge in [0.2, 0.25) is 11.1 Å². The highest BCUT2D eigenvalue weighted by Crippen LogP contribution is 2.29. The molecule has 0 saturated heterocycles. The van der Waals surface area contributed by atoms with E-state index in [0.29, 0.717) is 46.8 Å². The third-order valence-electron chi connectivity index (χ3n) is 6.23. The SMILES string of the molecule is Cc1ccc(NC(=O)CCCSc2nnc3c4cc(F)ccc4n(Cc4ccc(F)cc4)c3n2)cc1C. The lowest BCUT2D eigenvalue weighted by Crippen LogP contribution is -2.11. The molecule has 5 rings (SSSR count). The maximum absolute atomic E-state index is 14.0.